The van der Waals surface area contributed by atoms with E-state index in [9.17, 15) is 18.0 Å². The molecule has 1 unspecified atom stereocenters. The summed E-state index contributed by atoms with van der Waals surface area (Å²) in [6.07, 6.45) is -1.08. The number of nitrogens with zero attached hydrogens (tertiary/aromatic N) is 1. The molecule has 0 aliphatic carbocycles. The molecule has 2 aliphatic rings. The molecule has 152 valence electrons. The molecule has 29 heavy (non-hydrogen) atoms. The number of benzene rings is 2. The lowest BCUT2D eigenvalue weighted by Gasteiger charge is -2.34. The molecule has 0 aromatic heterocycles. The van der Waals surface area contributed by atoms with Gasteiger partial charge in [0.2, 0.25) is 0 Å². The first-order valence-corrected chi connectivity index (χ1v) is 9.66. The Kier molecular flexibility index (Phi) is 4.98. The van der Waals surface area contributed by atoms with E-state index in [2.05, 4.69) is 17.6 Å². The summed E-state index contributed by atoms with van der Waals surface area (Å²) in [6.45, 7) is 3.31. The van der Waals surface area contributed by atoms with E-state index in [1.54, 1.807) is 18.2 Å². The summed E-state index contributed by atoms with van der Waals surface area (Å²) < 4.78 is 41.2. The van der Waals surface area contributed by atoms with Crippen LogP contribution in [0.1, 0.15) is 30.9 Å². The van der Waals surface area contributed by atoms with Gasteiger partial charge in [-0.2, -0.15) is 13.2 Å². The van der Waals surface area contributed by atoms with E-state index < -0.39 is 11.7 Å². The van der Waals surface area contributed by atoms with Gasteiger partial charge in [0.15, 0.2) is 0 Å². The number of alkyl halides is 3. The molecular formula is C22H22F3N3O. The highest BCUT2D eigenvalue weighted by molar-refractivity contribution is 6.31. The van der Waals surface area contributed by atoms with E-state index in [0.717, 1.165) is 24.5 Å². The van der Waals surface area contributed by atoms with E-state index in [1.807, 2.05) is 17.0 Å². The van der Waals surface area contributed by atoms with Crippen LogP contribution in [0.4, 0.5) is 30.2 Å². The molecule has 2 aliphatic heterocycles. The molecule has 2 N–H and O–H groups in total. The molecule has 0 radical (unpaired) electrons. The van der Waals surface area contributed by atoms with Gasteiger partial charge in [0.25, 0.3) is 5.91 Å². The molecule has 2 aromatic carbocycles. The number of anilines is 3. The molecule has 1 saturated heterocycles. The van der Waals surface area contributed by atoms with Crippen LogP contribution in [0.3, 0.4) is 0 Å². The van der Waals surface area contributed by atoms with Gasteiger partial charge in [-0.3, -0.25) is 4.79 Å². The summed E-state index contributed by atoms with van der Waals surface area (Å²) in [4.78, 5) is 14.0. The average Bonchev–Trinajstić information content (AvgIpc) is 3.00. The van der Waals surface area contributed by atoms with Crippen molar-refractivity contribution in [2.45, 2.75) is 25.9 Å². The van der Waals surface area contributed by atoms with Crippen LogP contribution in [-0.2, 0) is 11.0 Å². The van der Waals surface area contributed by atoms with Crippen LogP contribution in [0, 0.1) is 5.92 Å². The van der Waals surface area contributed by atoms with Crippen molar-refractivity contribution in [3.05, 3.63) is 59.8 Å². The minimum absolute atomic E-state index is 0.214. The molecule has 2 heterocycles. The van der Waals surface area contributed by atoms with Crippen molar-refractivity contribution in [2.75, 3.05) is 28.6 Å². The Morgan fingerprint density at radius 2 is 2.00 bits per heavy atom. The van der Waals surface area contributed by atoms with Gasteiger partial charge in [-0.05, 0) is 43.0 Å². The Morgan fingerprint density at radius 1 is 1.21 bits per heavy atom. The number of hydrogen-bond acceptors (Lipinski definition) is 3. The summed E-state index contributed by atoms with van der Waals surface area (Å²) in [6, 6.07) is 11.5. The maximum Gasteiger partial charge on any atom is 0.418 e. The molecule has 7 heteroatoms. The number of para-hydroxylation sites is 1. The van der Waals surface area contributed by atoms with Crippen LogP contribution in [-0.4, -0.2) is 19.0 Å². The third kappa shape index (κ3) is 3.95. The predicted molar refractivity (Wildman–Crippen MR) is 109 cm³/mol. The Bertz CT molecular complexity index is 968. The van der Waals surface area contributed by atoms with Gasteiger partial charge in [0, 0.05) is 41.9 Å². The summed E-state index contributed by atoms with van der Waals surface area (Å²) in [5, 5.41) is 5.61. The van der Waals surface area contributed by atoms with E-state index >= 15 is 0 Å². The number of hydrogen-bond donors (Lipinski definition) is 2. The van der Waals surface area contributed by atoms with Crippen LogP contribution in [0.5, 0.6) is 0 Å². The Balaban J connectivity index is 1.63. The van der Waals surface area contributed by atoms with Crippen molar-refractivity contribution in [3.8, 4) is 0 Å². The van der Waals surface area contributed by atoms with E-state index in [0.29, 0.717) is 30.3 Å². The van der Waals surface area contributed by atoms with E-state index in [4.69, 9.17) is 0 Å². The van der Waals surface area contributed by atoms with Crippen LogP contribution in [0.2, 0.25) is 0 Å². The van der Waals surface area contributed by atoms with Gasteiger partial charge in [-0.1, -0.05) is 25.1 Å². The highest BCUT2D eigenvalue weighted by Crippen LogP contribution is 2.40. The van der Waals surface area contributed by atoms with Crippen LogP contribution >= 0.6 is 0 Å². The first-order valence-electron chi connectivity index (χ1n) is 9.66. The Morgan fingerprint density at radius 3 is 2.76 bits per heavy atom. The van der Waals surface area contributed by atoms with E-state index in [-0.39, 0.29) is 17.3 Å². The molecule has 4 rings (SSSR count). The second-order valence-corrected chi connectivity index (χ2v) is 7.63. The molecule has 0 bridgehead atoms. The smallest absolute Gasteiger partial charge is 0.371 e. The van der Waals surface area contributed by atoms with Crippen LogP contribution in [0.15, 0.2) is 48.7 Å². The Labute approximate surface area is 167 Å². The van der Waals surface area contributed by atoms with Crippen molar-refractivity contribution in [2.24, 2.45) is 5.92 Å². The zero-order chi connectivity index (χ0) is 20.6. The SMILES string of the molecule is CC1CCCN(c2ccc(NC=C3C(=O)Nc4ccccc43)cc2C(F)(F)F)C1. The number of fused-ring (bicyclic) bond motifs is 1. The zero-order valence-electron chi connectivity index (χ0n) is 16.0. The minimum Gasteiger partial charge on any atom is -0.371 e. The summed E-state index contributed by atoms with van der Waals surface area (Å²) in [7, 11) is 0. The van der Waals surface area contributed by atoms with Crippen molar-refractivity contribution < 1.29 is 18.0 Å². The van der Waals surface area contributed by atoms with Crippen LogP contribution in [0.25, 0.3) is 5.57 Å². The molecule has 1 fully saturated rings. The van der Waals surface area contributed by atoms with Gasteiger partial charge < -0.3 is 15.5 Å². The summed E-state index contributed by atoms with van der Waals surface area (Å²) in [5.74, 6) is 0.0852. The molecular weight excluding hydrogens is 379 g/mol. The Hall–Kier alpha value is -2.96. The third-order valence-electron chi connectivity index (χ3n) is 5.39. The normalized spacial score (nSPS) is 20.6. The summed E-state index contributed by atoms with van der Waals surface area (Å²) in [5.41, 5.74) is 1.65. The van der Waals surface area contributed by atoms with Gasteiger partial charge in [-0.15, -0.1) is 0 Å². The fraction of sp³-hybridized carbons (Fsp3) is 0.318. The highest BCUT2D eigenvalue weighted by atomic mass is 19.4. The first-order chi connectivity index (χ1) is 13.8. The van der Waals surface area contributed by atoms with E-state index in [1.165, 1.54) is 12.3 Å². The molecule has 2 aromatic rings. The van der Waals surface area contributed by atoms with Gasteiger partial charge in [0.05, 0.1) is 11.1 Å². The fourth-order valence-electron chi connectivity index (χ4n) is 3.97. The maximum absolute atomic E-state index is 13.7. The van der Waals surface area contributed by atoms with Crippen molar-refractivity contribution in [3.63, 3.8) is 0 Å². The topological polar surface area (TPSA) is 44.4 Å². The number of carbonyl (C=O) groups excluding carboxylic acids is 1. The fourth-order valence-corrected chi connectivity index (χ4v) is 3.97. The van der Waals surface area contributed by atoms with Gasteiger partial charge >= 0.3 is 6.18 Å². The van der Waals surface area contributed by atoms with Crippen LogP contribution < -0.4 is 15.5 Å². The monoisotopic (exact) mass is 401 g/mol. The number of piperidine rings is 1. The lowest BCUT2D eigenvalue weighted by atomic mass is 9.98. The average molecular weight is 401 g/mol. The molecule has 1 amide bonds. The van der Waals surface area contributed by atoms with Crippen molar-refractivity contribution >= 4 is 28.5 Å². The molecule has 0 saturated carbocycles. The van der Waals surface area contributed by atoms with Gasteiger partial charge in [0.1, 0.15) is 0 Å². The summed E-state index contributed by atoms with van der Waals surface area (Å²) >= 11 is 0. The third-order valence-corrected chi connectivity index (χ3v) is 5.39. The number of nitrogens with one attached hydrogen (secondary N) is 2. The molecule has 1 atom stereocenters. The predicted octanol–water partition coefficient (Wildman–Crippen LogP) is 5.35. The van der Waals surface area contributed by atoms with Crippen molar-refractivity contribution in [1.29, 1.82) is 0 Å². The second kappa shape index (κ2) is 7.46. The zero-order valence-corrected chi connectivity index (χ0v) is 16.0. The first kappa shape index (κ1) is 19.4. The lowest BCUT2D eigenvalue weighted by molar-refractivity contribution is -0.137. The second-order valence-electron chi connectivity index (χ2n) is 7.63. The standard InChI is InChI=1S/C22H22F3N3O/c1-14-5-4-10-28(13-14)20-9-8-15(11-18(20)22(23,24)25)26-12-17-16-6-2-3-7-19(16)27-21(17)29/h2-3,6-9,11-12,14,26H,4-5,10,13H2,1H3,(H,27,29). The minimum atomic E-state index is -4.46. The maximum atomic E-state index is 13.7. The van der Waals surface area contributed by atoms with Crippen molar-refractivity contribution in [1.82, 2.24) is 0 Å². The number of halogens is 3. The largest absolute Gasteiger partial charge is 0.418 e. The number of amides is 1. The molecule has 4 nitrogen and oxygen atoms in total. The number of carbonyl (C=O) groups is 1. The van der Waals surface area contributed by atoms with Gasteiger partial charge in [-0.25, -0.2) is 0 Å². The number of rotatable bonds is 3. The molecule has 0 spiro atoms. The quantitative estimate of drug-likeness (QED) is 0.682. The highest BCUT2D eigenvalue weighted by Gasteiger charge is 2.36. The lowest BCUT2D eigenvalue weighted by Crippen LogP contribution is -2.35.